The van der Waals surface area contributed by atoms with Gasteiger partial charge >= 0.3 is 5.97 Å². The Morgan fingerprint density at radius 1 is 1.30 bits per heavy atom. The van der Waals surface area contributed by atoms with Gasteiger partial charge in [0.2, 0.25) is 0 Å². The van der Waals surface area contributed by atoms with Gasteiger partial charge in [-0.25, -0.2) is 8.78 Å². The van der Waals surface area contributed by atoms with Gasteiger partial charge in [-0.15, -0.1) is 0 Å². The van der Waals surface area contributed by atoms with Gasteiger partial charge in [0.1, 0.15) is 18.2 Å². The Bertz CT molecular complexity index is 523. The Labute approximate surface area is 120 Å². The quantitative estimate of drug-likeness (QED) is 0.620. The van der Waals surface area contributed by atoms with E-state index in [1.165, 1.54) is 7.11 Å². The molecule has 1 aromatic rings. The normalized spacial score (nSPS) is 10.2. The van der Waals surface area contributed by atoms with E-state index >= 15 is 0 Å². The van der Waals surface area contributed by atoms with Crippen LogP contribution in [0.3, 0.4) is 0 Å². The maximum absolute atomic E-state index is 13.7. The monoisotopic (exact) mass is 305 g/mol. The number of amides is 1. The largest absolute Gasteiger partial charge is 0.468 e. The van der Waals surface area contributed by atoms with E-state index in [0.29, 0.717) is 6.42 Å². The molecule has 0 saturated heterocycles. The number of hydrogen-bond acceptors (Lipinski definition) is 3. The van der Waals surface area contributed by atoms with Crippen LogP contribution in [0.2, 0.25) is 5.02 Å². The van der Waals surface area contributed by atoms with Crippen molar-refractivity contribution in [1.29, 1.82) is 0 Å². The Kier molecular flexibility index (Phi) is 5.88. The molecule has 110 valence electrons. The van der Waals surface area contributed by atoms with E-state index in [1.807, 2.05) is 0 Å². The van der Waals surface area contributed by atoms with Crippen molar-refractivity contribution in [3.05, 3.63) is 34.4 Å². The molecule has 0 aromatic heterocycles. The standard InChI is InChI=1S/C13H14ClF2NO3/c1-3-4-17(7-12(18)20-2)13(19)8-5-11(16)9(14)6-10(8)15/h5-6H,3-4,7H2,1-2H3. The number of hydrogen-bond donors (Lipinski definition) is 0. The Hall–Kier alpha value is -1.69. The number of esters is 1. The topological polar surface area (TPSA) is 46.6 Å². The summed E-state index contributed by atoms with van der Waals surface area (Å²) in [4.78, 5) is 24.5. The van der Waals surface area contributed by atoms with E-state index in [-0.39, 0.29) is 13.1 Å². The minimum atomic E-state index is -0.938. The number of nitrogens with zero attached hydrogens (tertiary/aromatic N) is 1. The summed E-state index contributed by atoms with van der Waals surface area (Å²) >= 11 is 5.42. The van der Waals surface area contributed by atoms with E-state index < -0.39 is 34.1 Å². The summed E-state index contributed by atoms with van der Waals surface area (Å²) in [6.07, 6.45) is 0.556. The van der Waals surface area contributed by atoms with Crippen LogP contribution in [0.4, 0.5) is 8.78 Å². The lowest BCUT2D eigenvalue weighted by Gasteiger charge is -2.21. The van der Waals surface area contributed by atoms with Crippen LogP contribution in [0.1, 0.15) is 23.7 Å². The third-order valence-corrected chi connectivity index (χ3v) is 2.86. The van der Waals surface area contributed by atoms with Crippen molar-refractivity contribution < 1.29 is 23.1 Å². The van der Waals surface area contributed by atoms with E-state index in [9.17, 15) is 18.4 Å². The molecule has 1 rings (SSSR count). The van der Waals surface area contributed by atoms with Gasteiger partial charge in [-0.3, -0.25) is 9.59 Å². The maximum Gasteiger partial charge on any atom is 0.325 e. The van der Waals surface area contributed by atoms with E-state index in [1.54, 1.807) is 6.92 Å². The number of carbonyl (C=O) groups excluding carboxylic acids is 2. The molecule has 0 heterocycles. The number of carbonyl (C=O) groups is 2. The lowest BCUT2D eigenvalue weighted by molar-refractivity contribution is -0.141. The summed E-state index contributed by atoms with van der Waals surface area (Å²) in [5.74, 6) is -3.26. The molecular formula is C13H14ClF2NO3. The predicted octanol–water partition coefficient (Wildman–Crippen LogP) is 2.64. The predicted molar refractivity (Wildman–Crippen MR) is 69.6 cm³/mol. The first-order valence-corrected chi connectivity index (χ1v) is 6.29. The molecule has 1 aromatic carbocycles. The zero-order valence-electron chi connectivity index (χ0n) is 11.1. The number of methoxy groups -OCH3 is 1. The van der Waals surface area contributed by atoms with Crippen LogP contribution in [0.15, 0.2) is 12.1 Å². The molecule has 0 atom stereocenters. The molecule has 0 saturated carbocycles. The molecule has 0 aliphatic rings. The number of halogens is 3. The van der Waals surface area contributed by atoms with Crippen LogP contribution < -0.4 is 0 Å². The molecule has 4 nitrogen and oxygen atoms in total. The van der Waals surface area contributed by atoms with Crippen LogP contribution in [0.25, 0.3) is 0 Å². The average Bonchev–Trinajstić information content (AvgIpc) is 2.41. The smallest absolute Gasteiger partial charge is 0.325 e. The fourth-order valence-corrected chi connectivity index (χ4v) is 1.75. The first-order valence-electron chi connectivity index (χ1n) is 5.91. The summed E-state index contributed by atoms with van der Waals surface area (Å²) in [6, 6.07) is 1.45. The minimum Gasteiger partial charge on any atom is -0.468 e. The molecule has 0 fully saturated rings. The zero-order valence-corrected chi connectivity index (χ0v) is 11.8. The molecule has 0 aliphatic heterocycles. The van der Waals surface area contributed by atoms with Gasteiger partial charge in [0.15, 0.2) is 0 Å². The number of rotatable bonds is 5. The van der Waals surface area contributed by atoms with Gasteiger partial charge in [0, 0.05) is 6.54 Å². The van der Waals surface area contributed by atoms with Gasteiger partial charge in [0.05, 0.1) is 17.7 Å². The van der Waals surface area contributed by atoms with Crippen LogP contribution in [-0.4, -0.2) is 37.0 Å². The van der Waals surface area contributed by atoms with Crippen LogP contribution in [-0.2, 0) is 9.53 Å². The van der Waals surface area contributed by atoms with Gasteiger partial charge in [0.25, 0.3) is 5.91 Å². The number of benzene rings is 1. The van der Waals surface area contributed by atoms with Crippen LogP contribution in [0.5, 0.6) is 0 Å². The molecule has 0 radical (unpaired) electrons. The minimum absolute atomic E-state index is 0.220. The second-order valence-electron chi connectivity index (χ2n) is 4.05. The summed E-state index contributed by atoms with van der Waals surface area (Å²) in [5, 5.41) is -0.408. The summed E-state index contributed by atoms with van der Waals surface area (Å²) in [5.41, 5.74) is -0.468. The fraction of sp³-hybridized carbons (Fsp3) is 0.385. The molecule has 7 heteroatoms. The molecule has 20 heavy (non-hydrogen) atoms. The molecule has 0 unspecified atom stereocenters. The molecule has 0 bridgehead atoms. The highest BCUT2D eigenvalue weighted by molar-refractivity contribution is 6.30. The third kappa shape index (κ3) is 3.90. The second-order valence-corrected chi connectivity index (χ2v) is 4.46. The molecule has 1 amide bonds. The molecule has 0 N–H and O–H groups in total. The highest BCUT2D eigenvalue weighted by Crippen LogP contribution is 2.20. The first kappa shape index (κ1) is 16.4. The highest BCUT2D eigenvalue weighted by atomic mass is 35.5. The van der Waals surface area contributed by atoms with Gasteiger partial charge < -0.3 is 9.64 Å². The highest BCUT2D eigenvalue weighted by Gasteiger charge is 2.23. The summed E-state index contributed by atoms with van der Waals surface area (Å²) in [6.45, 7) is 1.68. The Morgan fingerprint density at radius 2 is 1.95 bits per heavy atom. The van der Waals surface area contributed by atoms with Crippen LogP contribution >= 0.6 is 11.6 Å². The van der Waals surface area contributed by atoms with Crippen molar-refractivity contribution in [1.82, 2.24) is 4.90 Å². The lowest BCUT2D eigenvalue weighted by Crippen LogP contribution is -2.37. The van der Waals surface area contributed by atoms with Crippen molar-refractivity contribution >= 4 is 23.5 Å². The van der Waals surface area contributed by atoms with Crippen molar-refractivity contribution in [3.8, 4) is 0 Å². The molecular weight excluding hydrogens is 292 g/mol. The van der Waals surface area contributed by atoms with Gasteiger partial charge in [-0.2, -0.15) is 0 Å². The third-order valence-electron chi connectivity index (χ3n) is 2.57. The van der Waals surface area contributed by atoms with Crippen molar-refractivity contribution in [2.24, 2.45) is 0 Å². The lowest BCUT2D eigenvalue weighted by atomic mass is 10.1. The SMILES string of the molecule is CCCN(CC(=O)OC)C(=O)c1cc(F)c(Cl)cc1F. The molecule has 0 spiro atoms. The first-order chi connectivity index (χ1) is 9.40. The van der Waals surface area contributed by atoms with E-state index in [2.05, 4.69) is 4.74 Å². The molecule has 0 aliphatic carbocycles. The van der Waals surface area contributed by atoms with Crippen molar-refractivity contribution in [2.45, 2.75) is 13.3 Å². The Morgan fingerprint density at radius 3 is 2.50 bits per heavy atom. The van der Waals surface area contributed by atoms with E-state index in [0.717, 1.165) is 17.0 Å². The van der Waals surface area contributed by atoms with Gasteiger partial charge in [-0.05, 0) is 18.6 Å². The fourth-order valence-electron chi connectivity index (χ4n) is 1.60. The zero-order chi connectivity index (χ0) is 15.3. The van der Waals surface area contributed by atoms with E-state index in [4.69, 9.17) is 11.6 Å². The van der Waals surface area contributed by atoms with Gasteiger partial charge in [-0.1, -0.05) is 18.5 Å². The van der Waals surface area contributed by atoms with Crippen LogP contribution in [0, 0.1) is 11.6 Å². The summed E-state index contributed by atoms with van der Waals surface area (Å²) in [7, 11) is 1.18. The van der Waals surface area contributed by atoms with Crippen molar-refractivity contribution in [2.75, 3.05) is 20.2 Å². The van der Waals surface area contributed by atoms with Crippen molar-refractivity contribution in [3.63, 3.8) is 0 Å². The second kappa shape index (κ2) is 7.19. The Balaban J connectivity index is 3.05. The summed E-state index contributed by atoms with van der Waals surface area (Å²) < 4.78 is 31.5. The average molecular weight is 306 g/mol. The maximum atomic E-state index is 13.7. The number of ether oxygens (including phenoxy) is 1.